The molecule has 0 aliphatic carbocycles. The van der Waals surface area contributed by atoms with Gasteiger partial charge in [-0.3, -0.25) is 4.79 Å². The Balaban J connectivity index is 1.68. The monoisotopic (exact) mass is 343 g/mol. The predicted molar refractivity (Wildman–Crippen MR) is 79.2 cm³/mol. The third kappa shape index (κ3) is 3.68. The third-order valence-corrected chi connectivity index (χ3v) is 4.73. The van der Waals surface area contributed by atoms with E-state index < -0.39 is 11.9 Å². The average Bonchev–Trinajstić information content (AvgIpc) is 2.95. The van der Waals surface area contributed by atoms with Gasteiger partial charge in [-0.15, -0.1) is 0 Å². The van der Waals surface area contributed by atoms with E-state index in [-0.39, 0.29) is 29.3 Å². The minimum Gasteiger partial charge on any atom is -0.381 e. The Kier molecular flexibility index (Phi) is 4.50. The summed E-state index contributed by atoms with van der Waals surface area (Å²) in [5, 5.41) is 0. The van der Waals surface area contributed by atoms with E-state index in [1.54, 1.807) is 4.90 Å². The number of amides is 1. The lowest BCUT2D eigenvalue weighted by molar-refractivity contribution is -0.141. The molecular formula is C16H20F3N3O2. The topological polar surface area (TPSA) is 55.3 Å². The van der Waals surface area contributed by atoms with Crippen LogP contribution in [0.1, 0.15) is 36.5 Å². The highest BCUT2D eigenvalue weighted by Gasteiger charge is 2.41. The van der Waals surface area contributed by atoms with Gasteiger partial charge in [-0.1, -0.05) is 0 Å². The summed E-state index contributed by atoms with van der Waals surface area (Å²) in [5.74, 6) is 0.161. The molecule has 0 radical (unpaired) electrons. The molecule has 3 rings (SSSR count). The highest BCUT2D eigenvalue weighted by molar-refractivity contribution is 5.77. The molecule has 1 aromatic heterocycles. The number of likely N-dealkylation sites (tertiary alicyclic amines) is 1. The smallest absolute Gasteiger partial charge is 0.381 e. The maximum absolute atomic E-state index is 12.8. The van der Waals surface area contributed by atoms with Gasteiger partial charge in [0.05, 0.1) is 6.61 Å². The number of hydrogen-bond donors (Lipinski definition) is 0. The van der Waals surface area contributed by atoms with Crippen LogP contribution in [-0.4, -0.2) is 47.1 Å². The Morgan fingerprint density at radius 2 is 2.12 bits per heavy atom. The predicted octanol–water partition coefficient (Wildman–Crippen LogP) is 2.38. The number of aromatic nitrogens is 2. The zero-order chi connectivity index (χ0) is 17.4. The molecule has 1 spiro atoms. The van der Waals surface area contributed by atoms with Crippen molar-refractivity contribution >= 4 is 5.91 Å². The number of carbonyl (C=O) groups excluding carboxylic acids is 1. The van der Waals surface area contributed by atoms with Crippen molar-refractivity contribution in [3.05, 3.63) is 23.3 Å². The van der Waals surface area contributed by atoms with E-state index in [4.69, 9.17) is 4.74 Å². The Labute approximate surface area is 138 Å². The number of halogens is 3. The lowest BCUT2D eigenvalue weighted by Crippen LogP contribution is -2.47. The van der Waals surface area contributed by atoms with E-state index >= 15 is 0 Å². The summed E-state index contributed by atoms with van der Waals surface area (Å²) >= 11 is 0. The molecular weight excluding hydrogens is 323 g/mol. The summed E-state index contributed by atoms with van der Waals surface area (Å²) in [7, 11) is 0. The molecule has 132 valence electrons. The minimum absolute atomic E-state index is 0.0124. The second-order valence-electron chi connectivity index (χ2n) is 6.68. The molecule has 0 N–H and O–H groups in total. The lowest BCUT2D eigenvalue weighted by atomic mass is 9.79. The van der Waals surface area contributed by atoms with Gasteiger partial charge >= 0.3 is 6.18 Å². The zero-order valence-corrected chi connectivity index (χ0v) is 13.5. The number of rotatable bonds is 3. The van der Waals surface area contributed by atoms with Gasteiger partial charge in [-0.05, 0) is 25.8 Å². The second-order valence-corrected chi connectivity index (χ2v) is 6.68. The molecule has 0 bridgehead atoms. The van der Waals surface area contributed by atoms with Gasteiger partial charge in [0.2, 0.25) is 5.91 Å². The number of hydrogen-bond acceptors (Lipinski definition) is 4. The number of nitrogens with zero attached hydrogens (tertiary/aromatic N) is 3. The van der Waals surface area contributed by atoms with Crippen LogP contribution in [0, 0.1) is 12.3 Å². The number of alkyl halides is 3. The molecule has 1 amide bonds. The summed E-state index contributed by atoms with van der Waals surface area (Å²) in [6, 6.07) is 0.931. The zero-order valence-electron chi connectivity index (χ0n) is 13.5. The van der Waals surface area contributed by atoms with Crippen LogP contribution in [0.2, 0.25) is 0 Å². The number of piperidine rings is 1. The van der Waals surface area contributed by atoms with Crippen molar-refractivity contribution < 1.29 is 22.7 Å². The van der Waals surface area contributed by atoms with Crippen LogP contribution in [0.5, 0.6) is 0 Å². The van der Waals surface area contributed by atoms with Crippen LogP contribution in [-0.2, 0) is 22.1 Å². The fourth-order valence-corrected chi connectivity index (χ4v) is 3.40. The van der Waals surface area contributed by atoms with E-state index in [2.05, 4.69) is 9.97 Å². The molecule has 2 fully saturated rings. The van der Waals surface area contributed by atoms with E-state index in [9.17, 15) is 18.0 Å². The van der Waals surface area contributed by atoms with Crippen molar-refractivity contribution in [3.63, 3.8) is 0 Å². The second kappa shape index (κ2) is 6.31. The fraction of sp³-hybridized carbons (Fsp3) is 0.688. The Morgan fingerprint density at radius 3 is 2.79 bits per heavy atom. The average molecular weight is 343 g/mol. The van der Waals surface area contributed by atoms with E-state index in [0.29, 0.717) is 32.7 Å². The van der Waals surface area contributed by atoms with Gasteiger partial charge < -0.3 is 9.64 Å². The van der Waals surface area contributed by atoms with Gasteiger partial charge in [-0.2, -0.15) is 13.2 Å². The van der Waals surface area contributed by atoms with Crippen LogP contribution in [0.4, 0.5) is 13.2 Å². The summed E-state index contributed by atoms with van der Waals surface area (Å²) < 4.78 is 44.0. The van der Waals surface area contributed by atoms with Gasteiger partial charge in [0.25, 0.3) is 0 Å². The fourth-order valence-electron chi connectivity index (χ4n) is 3.40. The molecule has 2 aliphatic heterocycles. The van der Waals surface area contributed by atoms with Crippen molar-refractivity contribution in [1.29, 1.82) is 0 Å². The van der Waals surface area contributed by atoms with Crippen LogP contribution < -0.4 is 0 Å². The van der Waals surface area contributed by atoms with Crippen molar-refractivity contribution in [2.45, 2.75) is 38.8 Å². The first-order chi connectivity index (χ1) is 11.3. The first kappa shape index (κ1) is 17.1. The molecule has 0 aromatic carbocycles. The summed E-state index contributed by atoms with van der Waals surface area (Å²) in [4.78, 5) is 21.5. The minimum atomic E-state index is -4.49. The summed E-state index contributed by atoms with van der Waals surface area (Å²) in [6.45, 7) is 3.80. The standard InChI is InChI=1S/C16H20F3N3O2/c1-11-8-12(16(17,18)19)21-13(20-11)3-6-22-9-15(4-2-14(22)23)5-7-24-10-15/h8H,2-7,9-10H2,1H3. The highest BCUT2D eigenvalue weighted by atomic mass is 19.4. The van der Waals surface area contributed by atoms with Gasteiger partial charge in [-0.25, -0.2) is 9.97 Å². The lowest BCUT2D eigenvalue weighted by Gasteiger charge is -2.39. The Bertz CT molecular complexity index is 627. The summed E-state index contributed by atoms with van der Waals surface area (Å²) in [6.07, 6.45) is -2.06. The quantitative estimate of drug-likeness (QED) is 0.846. The SMILES string of the molecule is Cc1cc(C(F)(F)F)nc(CCN2CC3(CCOC3)CCC2=O)n1. The Morgan fingerprint density at radius 1 is 1.33 bits per heavy atom. The molecule has 0 saturated carbocycles. The molecule has 2 aliphatic rings. The van der Waals surface area contributed by atoms with Crippen molar-refractivity contribution in [1.82, 2.24) is 14.9 Å². The van der Waals surface area contributed by atoms with Gasteiger partial charge in [0, 0.05) is 43.6 Å². The van der Waals surface area contributed by atoms with E-state index in [1.165, 1.54) is 6.92 Å². The third-order valence-electron chi connectivity index (χ3n) is 4.73. The first-order valence-corrected chi connectivity index (χ1v) is 8.05. The molecule has 3 heterocycles. The van der Waals surface area contributed by atoms with Crippen LogP contribution in [0.15, 0.2) is 6.07 Å². The van der Waals surface area contributed by atoms with Gasteiger partial charge in [0.15, 0.2) is 0 Å². The summed E-state index contributed by atoms with van der Waals surface area (Å²) in [5.41, 5.74) is -0.646. The van der Waals surface area contributed by atoms with Crippen molar-refractivity contribution in [2.24, 2.45) is 5.41 Å². The molecule has 2 saturated heterocycles. The van der Waals surface area contributed by atoms with Crippen LogP contribution >= 0.6 is 0 Å². The highest BCUT2D eigenvalue weighted by Crippen LogP contribution is 2.38. The number of carbonyl (C=O) groups is 1. The first-order valence-electron chi connectivity index (χ1n) is 8.05. The molecule has 8 heteroatoms. The maximum atomic E-state index is 12.8. The molecule has 1 atom stereocenters. The maximum Gasteiger partial charge on any atom is 0.433 e. The molecule has 24 heavy (non-hydrogen) atoms. The Hall–Kier alpha value is -1.70. The van der Waals surface area contributed by atoms with Crippen LogP contribution in [0.25, 0.3) is 0 Å². The molecule has 1 unspecified atom stereocenters. The number of ether oxygens (including phenoxy) is 1. The molecule has 1 aromatic rings. The normalized spacial score (nSPS) is 24.8. The number of aryl methyl sites for hydroxylation is 1. The van der Waals surface area contributed by atoms with Gasteiger partial charge in [0.1, 0.15) is 11.5 Å². The largest absolute Gasteiger partial charge is 0.433 e. The van der Waals surface area contributed by atoms with Crippen molar-refractivity contribution in [2.75, 3.05) is 26.3 Å². The molecule has 5 nitrogen and oxygen atoms in total. The van der Waals surface area contributed by atoms with E-state index in [0.717, 1.165) is 18.9 Å². The van der Waals surface area contributed by atoms with Crippen molar-refractivity contribution in [3.8, 4) is 0 Å². The van der Waals surface area contributed by atoms with E-state index in [1.807, 2.05) is 0 Å². The van der Waals surface area contributed by atoms with Crippen LogP contribution in [0.3, 0.4) is 0 Å².